The summed E-state index contributed by atoms with van der Waals surface area (Å²) in [5, 5.41) is 10.9. The van der Waals surface area contributed by atoms with Crippen molar-refractivity contribution in [3.05, 3.63) is 29.6 Å². The van der Waals surface area contributed by atoms with Crippen molar-refractivity contribution in [2.45, 2.75) is 57.0 Å². The van der Waals surface area contributed by atoms with E-state index in [1.54, 1.807) is 0 Å². The molecule has 2 nitrogen and oxygen atoms in total. The third-order valence-corrected chi connectivity index (χ3v) is 5.88. The van der Waals surface area contributed by atoms with Gasteiger partial charge in [-0.25, -0.2) is 0 Å². The van der Waals surface area contributed by atoms with Crippen LogP contribution >= 0.6 is 0 Å². The van der Waals surface area contributed by atoms with Crippen LogP contribution in [0.5, 0.6) is 0 Å². The highest BCUT2D eigenvalue weighted by atomic mass is 16.3. The smallest absolute Gasteiger partial charge is 0.0654 e. The lowest BCUT2D eigenvalue weighted by molar-refractivity contribution is 0.0448. The van der Waals surface area contributed by atoms with Gasteiger partial charge in [0.1, 0.15) is 0 Å². The van der Waals surface area contributed by atoms with E-state index in [0.29, 0.717) is 11.8 Å². The molecule has 3 aliphatic carbocycles. The predicted molar refractivity (Wildman–Crippen MR) is 74.9 cm³/mol. The van der Waals surface area contributed by atoms with E-state index in [0.717, 1.165) is 24.7 Å². The van der Waals surface area contributed by atoms with Gasteiger partial charge in [0.15, 0.2) is 0 Å². The van der Waals surface area contributed by atoms with Crippen molar-refractivity contribution in [2.75, 3.05) is 0 Å². The topological polar surface area (TPSA) is 33.1 Å². The molecule has 0 aromatic carbocycles. The SMILES string of the molecule is OC(C1CCCc2cccnc21)C1CC2CCC1C2. The van der Waals surface area contributed by atoms with Crippen LogP contribution in [-0.2, 0) is 6.42 Å². The summed E-state index contributed by atoms with van der Waals surface area (Å²) in [7, 11) is 0. The second-order valence-electron chi connectivity index (χ2n) is 6.88. The zero-order chi connectivity index (χ0) is 12.8. The zero-order valence-electron chi connectivity index (χ0n) is 11.5. The summed E-state index contributed by atoms with van der Waals surface area (Å²) in [6.07, 6.45) is 10.6. The van der Waals surface area contributed by atoms with Gasteiger partial charge in [0, 0.05) is 17.8 Å². The van der Waals surface area contributed by atoms with Crippen LogP contribution in [0.1, 0.15) is 55.7 Å². The Bertz CT molecular complexity index is 472. The number of hydrogen-bond donors (Lipinski definition) is 1. The Labute approximate surface area is 115 Å². The first-order valence-corrected chi connectivity index (χ1v) is 7.95. The molecule has 19 heavy (non-hydrogen) atoms. The van der Waals surface area contributed by atoms with Gasteiger partial charge in [0.25, 0.3) is 0 Å². The molecule has 2 saturated carbocycles. The van der Waals surface area contributed by atoms with Crippen LogP contribution in [0.25, 0.3) is 0 Å². The quantitative estimate of drug-likeness (QED) is 0.882. The van der Waals surface area contributed by atoms with Crippen molar-refractivity contribution in [2.24, 2.45) is 17.8 Å². The summed E-state index contributed by atoms with van der Waals surface area (Å²) in [6, 6.07) is 4.23. The number of rotatable bonds is 2. The highest BCUT2D eigenvalue weighted by Crippen LogP contribution is 2.52. The van der Waals surface area contributed by atoms with Gasteiger partial charge in [-0.3, -0.25) is 4.98 Å². The lowest BCUT2D eigenvalue weighted by Crippen LogP contribution is -2.33. The third-order valence-electron chi connectivity index (χ3n) is 5.88. The molecule has 2 fully saturated rings. The molecule has 4 rings (SSSR count). The molecule has 5 unspecified atom stereocenters. The molecule has 102 valence electrons. The Hall–Kier alpha value is -0.890. The van der Waals surface area contributed by atoms with Gasteiger partial charge in [-0.2, -0.15) is 0 Å². The molecule has 0 spiro atoms. The van der Waals surface area contributed by atoms with E-state index in [2.05, 4.69) is 11.1 Å². The normalized spacial score (nSPS) is 38.2. The van der Waals surface area contributed by atoms with E-state index in [4.69, 9.17) is 0 Å². The minimum absolute atomic E-state index is 0.149. The highest BCUT2D eigenvalue weighted by molar-refractivity contribution is 5.27. The van der Waals surface area contributed by atoms with Crippen molar-refractivity contribution < 1.29 is 5.11 Å². The lowest BCUT2D eigenvalue weighted by Gasteiger charge is -2.35. The van der Waals surface area contributed by atoms with Crippen molar-refractivity contribution in [3.63, 3.8) is 0 Å². The van der Waals surface area contributed by atoms with Gasteiger partial charge in [0.2, 0.25) is 0 Å². The Balaban J connectivity index is 1.59. The van der Waals surface area contributed by atoms with Crippen LogP contribution in [0.3, 0.4) is 0 Å². The molecule has 0 aliphatic heterocycles. The van der Waals surface area contributed by atoms with Gasteiger partial charge in [-0.15, -0.1) is 0 Å². The van der Waals surface area contributed by atoms with Gasteiger partial charge in [-0.05, 0) is 67.9 Å². The summed E-state index contributed by atoms with van der Waals surface area (Å²) in [5.41, 5.74) is 2.57. The van der Waals surface area contributed by atoms with E-state index >= 15 is 0 Å². The Kier molecular flexibility index (Phi) is 2.87. The zero-order valence-corrected chi connectivity index (χ0v) is 11.5. The fourth-order valence-corrected chi connectivity index (χ4v) is 4.99. The maximum Gasteiger partial charge on any atom is 0.0654 e. The Morgan fingerprint density at radius 1 is 1.21 bits per heavy atom. The second kappa shape index (κ2) is 4.59. The van der Waals surface area contributed by atoms with Crippen LogP contribution in [0, 0.1) is 17.8 Å². The Morgan fingerprint density at radius 3 is 2.95 bits per heavy atom. The molecular formula is C17H23NO. The van der Waals surface area contributed by atoms with Crippen molar-refractivity contribution in [1.82, 2.24) is 4.98 Å². The van der Waals surface area contributed by atoms with E-state index in [1.807, 2.05) is 12.3 Å². The molecular weight excluding hydrogens is 234 g/mol. The lowest BCUT2D eigenvalue weighted by atomic mass is 9.74. The average Bonchev–Trinajstić information content (AvgIpc) is 3.08. The van der Waals surface area contributed by atoms with Crippen LogP contribution in [-0.4, -0.2) is 16.2 Å². The molecule has 2 bridgehead atoms. The maximum absolute atomic E-state index is 10.9. The molecule has 1 N–H and O–H groups in total. The molecule has 5 atom stereocenters. The first-order chi connectivity index (χ1) is 9.33. The van der Waals surface area contributed by atoms with Crippen LogP contribution in [0.15, 0.2) is 18.3 Å². The minimum Gasteiger partial charge on any atom is -0.392 e. The molecule has 2 heteroatoms. The first kappa shape index (κ1) is 11.9. The molecule has 0 saturated heterocycles. The van der Waals surface area contributed by atoms with E-state index in [1.165, 1.54) is 43.4 Å². The summed E-state index contributed by atoms with van der Waals surface area (Å²) >= 11 is 0. The Morgan fingerprint density at radius 2 is 2.16 bits per heavy atom. The van der Waals surface area contributed by atoms with E-state index in [-0.39, 0.29) is 6.10 Å². The minimum atomic E-state index is -0.149. The van der Waals surface area contributed by atoms with E-state index < -0.39 is 0 Å². The van der Waals surface area contributed by atoms with Gasteiger partial charge < -0.3 is 5.11 Å². The third kappa shape index (κ3) is 1.92. The number of aromatic nitrogens is 1. The number of hydrogen-bond acceptors (Lipinski definition) is 2. The predicted octanol–water partition coefficient (Wildman–Crippen LogP) is 3.30. The number of aliphatic hydroxyl groups excluding tert-OH is 1. The first-order valence-electron chi connectivity index (χ1n) is 7.95. The fraction of sp³-hybridized carbons (Fsp3) is 0.706. The average molecular weight is 257 g/mol. The fourth-order valence-electron chi connectivity index (χ4n) is 4.99. The number of fused-ring (bicyclic) bond motifs is 3. The van der Waals surface area contributed by atoms with Gasteiger partial charge in [-0.1, -0.05) is 12.5 Å². The number of aryl methyl sites for hydroxylation is 1. The summed E-state index contributed by atoms with van der Waals surface area (Å²) in [6.45, 7) is 0. The number of aliphatic hydroxyl groups is 1. The maximum atomic E-state index is 10.9. The summed E-state index contributed by atoms with van der Waals surface area (Å²) in [4.78, 5) is 4.60. The van der Waals surface area contributed by atoms with Gasteiger partial charge >= 0.3 is 0 Å². The highest BCUT2D eigenvalue weighted by Gasteiger charge is 2.45. The van der Waals surface area contributed by atoms with Crippen LogP contribution in [0.2, 0.25) is 0 Å². The van der Waals surface area contributed by atoms with Crippen LogP contribution in [0.4, 0.5) is 0 Å². The summed E-state index contributed by atoms with van der Waals surface area (Å²) in [5.74, 6) is 2.57. The molecule has 3 aliphatic rings. The molecule has 0 radical (unpaired) electrons. The van der Waals surface area contributed by atoms with Crippen molar-refractivity contribution in [3.8, 4) is 0 Å². The largest absolute Gasteiger partial charge is 0.392 e. The number of pyridine rings is 1. The monoisotopic (exact) mass is 257 g/mol. The second-order valence-corrected chi connectivity index (χ2v) is 6.88. The molecule has 1 aromatic heterocycles. The van der Waals surface area contributed by atoms with Crippen LogP contribution < -0.4 is 0 Å². The molecule has 1 heterocycles. The van der Waals surface area contributed by atoms with Crippen molar-refractivity contribution in [1.29, 1.82) is 0 Å². The molecule has 1 aromatic rings. The van der Waals surface area contributed by atoms with Gasteiger partial charge in [0.05, 0.1) is 6.10 Å². The summed E-state index contributed by atoms with van der Waals surface area (Å²) < 4.78 is 0. The van der Waals surface area contributed by atoms with Crippen molar-refractivity contribution >= 4 is 0 Å². The number of nitrogens with zero attached hydrogens (tertiary/aromatic N) is 1. The molecule has 0 amide bonds. The standard InChI is InChI=1S/C17H23NO/c19-17(15-10-11-6-7-13(15)9-11)14-5-1-3-12-4-2-8-18-16(12)14/h2,4,8,11,13-15,17,19H,1,3,5-7,9-10H2. The van der Waals surface area contributed by atoms with E-state index in [9.17, 15) is 5.11 Å².